The van der Waals surface area contributed by atoms with Crippen LogP contribution in [-0.4, -0.2) is 36.6 Å². The second kappa shape index (κ2) is 3.99. The van der Waals surface area contributed by atoms with Crippen molar-refractivity contribution in [2.24, 2.45) is 11.3 Å². The first-order valence-corrected chi connectivity index (χ1v) is 7.11. The van der Waals surface area contributed by atoms with Crippen LogP contribution in [0.15, 0.2) is 0 Å². The van der Waals surface area contributed by atoms with Gasteiger partial charge in [0, 0.05) is 25.2 Å². The van der Waals surface area contributed by atoms with Gasteiger partial charge in [-0.15, -0.1) is 0 Å². The number of hydrogen-bond donors (Lipinski definition) is 1. The molecular weight excluding hydrogens is 196 g/mol. The Bertz CT molecular complexity index is 247. The van der Waals surface area contributed by atoms with Crippen molar-refractivity contribution in [3.8, 4) is 0 Å². The van der Waals surface area contributed by atoms with Gasteiger partial charge in [-0.2, -0.15) is 0 Å². The zero-order chi connectivity index (χ0) is 11.2. The number of hydrogen-bond acceptors (Lipinski definition) is 2. The van der Waals surface area contributed by atoms with Gasteiger partial charge in [0.2, 0.25) is 0 Å². The van der Waals surface area contributed by atoms with Crippen molar-refractivity contribution in [3.63, 3.8) is 0 Å². The van der Waals surface area contributed by atoms with Crippen LogP contribution in [0, 0.1) is 11.3 Å². The predicted octanol–water partition coefficient (Wildman–Crippen LogP) is 2.25. The van der Waals surface area contributed by atoms with Crippen LogP contribution in [0.4, 0.5) is 0 Å². The van der Waals surface area contributed by atoms with Gasteiger partial charge in [0.25, 0.3) is 0 Å². The van der Waals surface area contributed by atoms with Crippen LogP contribution in [-0.2, 0) is 0 Å². The summed E-state index contributed by atoms with van der Waals surface area (Å²) >= 11 is 0. The highest BCUT2D eigenvalue weighted by Crippen LogP contribution is 2.41. The van der Waals surface area contributed by atoms with E-state index in [2.05, 4.69) is 24.1 Å². The zero-order valence-corrected chi connectivity index (χ0v) is 10.8. The first kappa shape index (κ1) is 11.0. The quantitative estimate of drug-likeness (QED) is 0.732. The molecule has 0 bridgehead atoms. The van der Waals surface area contributed by atoms with Crippen LogP contribution in [0.25, 0.3) is 0 Å². The summed E-state index contributed by atoms with van der Waals surface area (Å²) in [5, 5.41) is 3.71. The molecule has 1 aliphatic carbocycles. The molecule has 3 rings (SSSR count). The van der Waals surface area contributed by atoms with E-state index in [0.29, 0.717) is 5.41 Å². The number of likely N-dealkylation sites (tertiary alicyclic amines) is 1. The van der Waals surface area contributed by atoms with Gasteiger partial charge in [0.05, 0.1) is 0 Å². The molecule has 1 N–H and O–H groups in total. The fourth-order valence-electron chi connectivity index (χ4n) is 4.09. The van der Waals surface area contributed by atoms with E-state index in [1.165, 1.54) is 51.7 Å². The van der Waals surface area contributed by atoms with Crippen molar-refractivity contribution in [1.29, 1.82) is 0 Å². The van der Waals surface area contributed by atoms with E-state index in [9.17, 15) is 0 Å². The van der Waals surface area contributed by atoms with Crippen molar-refractivity contribution in [2.75, 3.05) is 19.6 Å². The Balaban J connectivity index is 1.61. The molecule has 92 valence electrons. The molecule has 0 amide bonds. The first-order chi connectivity index (χ1) is 7.64. The fourth-order valence-corrected chi connectivity index (χ4v) is 4.09. The van der Waals surface area contributed by atoms with E-state index >= 15 is 0 Å². The van der Waals surface area contributed by atoms with Crippen LogP contribution < -0.4 is 5.32 Å². The molecule has 0 aromatic heterocycles. The molecule has 3 atom stereocenters. The number of nitrogens with one attached hydrogen (secondary N) is 1. The van der Waals surface area contributed by atoms with E-state index < -0.39 is 0 Å². The average Bonchev–Trinajstić information content (AvgIpc) is 2.80. The molecule has 1 unspecified atom stereocenters. The van der Waals surface area contributed by atoms with Crippen molar-refractivity contribution < 1.29 is 0 Å². The lowest BCUT2D eigenvalue weighted by molar-refractivity contribution is 0.219. The monoisotopic (exact) mass is 222 g/mol. The summed E-state index contributed by atoms with van der Waals surface area (Å²) in [6.07, 6.45) is 7.14. The lowest BCUT2D eigenvalue weighted by Gasteiger charge is -2.25. The van der Waals surface area contributed by atoms with Gasteiger partial charge in [0.15, 0.2) is 0 Å². The van der Waals surface area contributed by atoms with Crippen molar-refractivity contribution in [1.82, 2.24) is 10.2 Å². The Morgan fingerprint density at radius 2 is 2.06 bits per heavy atom. The third-order valence-electron chi connectivity index (χ3n) is 5.09. The predicted molar refractivity (Wildman–Crippen MR) is 67.5 cm³/mol. The average molecular weight is 222 g/mol. The second-order valence-electron chi connectivity index (χ2n) is 6.98. The van der Waals surface area contributed by atoms with Crippen LogP contribution in [0.5, 0.6) is 0 Å². The van der Waals surface area contributed by atoms with Crippen molar-refractivity contribution in [2.45, 2.75) is 58.0 Å². The van der Waals surface area contributed by atoms with Gasteiger partial charge in [-0.3, -0.25) is 4.90 Å². The molecule has 0 aromatic rings. The third-order valence-corrected chi connectivity index (χ3v) is 5.09. The second-order valence-corrected chi connectivity index (χ2v) is 6.98. The molecule has 2 heterocycles. The SMILES string of the molecule is CC1(C)CCC(N2C[C@@H]3CCCN[C@@H]3C2)C1. The minimum Gasteiger partial charge on any atom is -0.312 e. The van der Waals surface area contributed by atoms with E-state index in [0.717, 1.165) is 18.0 Å². The first-order valence-electron chi connectivity index (χ1n) is 7.11. The molecule has 0 spiro atoms. The molecule has 3 aliphatic rings. The van der Waals surface area contributed by atoms with Crippen molar-refractivity contribution in [3.05, 3.63) is 0 Å². The number of fused-ring (bicyclic) bond motifs is 1. The molecule has 0 aromatic carbocycles. The van der Waals surface area contributed by atoms with E-state index in [1.54, 1.807) is 0 Å². The fraction of sp³-hybridized carbons (Fsp3) is 1.00. The number of piperidine rings is 1. The Morgan fingerprint density at radius 3 is 2.75 bits per heavy atom. The minimum absolute atomic E-state index is 0.603. The summed E-state index contributed by atoms with van der Waals surface area (Å²) in [6, 6.07) is 1.71. The molecule has 2 saturated heterocycles. The Morgan fingerprint density at radius 1 is 1.19 bits per heavy atom. The minimum atomic E-state index is 0.603. The van der Waals surface area contributed by atoms with Gasteiger partial charge in [-0.1, -0.05) is 13.8 Å². The smallest absolute Gasteiger partial charge is 0.0235 e. The van der Waals surface area contributed by atoms with Crippen LogP contribution >= 0.6 is 0 Å². The molecule has 0 radical (unpaired) electrons. The highest BCUT2D eigenvalue weighted by Gasteiger charge is 2.41. The number of nitrogens with zero attached hydrogens (tertiary/aromatic N) is 1. The Hall–Kier alpha value is -0.0800. The summed E-state index contributed by atoms with van der Waals surface area (Å²) in [4.78, 5) is 2.79. The molecule has 16 heavy (non-hydrogen) atoms. The molecule has 2 heteroatoms. The largest absolute Gasteiger partial charge is 0.312 e. The standard InChI is InChI=1S/C14H26N2/c1-14(2)6-5-12(8-14)16-9-11-4-3-7-15-13(11)10-16/h11-13,15H,3-10H2,1-2H3/t11-,12?,13+/m0/s1. The van der Waals surface area contributed by atoms with Crippen LogP contribution in [0.3, 0.4) is 0 Å². The van der Waals surface area contributed by atoms with Gasteiger partial charge < -0.3 is 5.32 Å². The van der Waals surface area contributed by atoms with E-state index in [4.69, 9.17) is 0 Å². The normalized spacial score (nSPS) is 43.5. The Kier molecular flexibility index (Phi) is 2.75. The summed E-state index contributed by atoms with van der Waals surface area (Å²) in [5.41, 5.74) is 0.603. The van der Waals surface area contributed by atoms with E-state index in [1.807, 2.05) is 0 Å². The zero-order valence-electron chi connectivity index (χ0n) is 10.8. The topological polar surface area (TPSA) is 15.3 Å². The maximum absolute atomic E-state index is 3.71. The number of rotatable bonds is 1. The Labute approximate surface area is 99.8 Å². The summed E-state index contributed by atoms with van der Waals surface area (Å²) < 4.78 is 0. The molecule has 3 fully saturated rings. The van der Waals surface area contributed by atoms with Crippen molar-refractivity contribution >= 4 is 0 Å². The molecule has 2 aliphatic heterocycles. The van der Waals surface area contributed by atoms with Crippen LogP contribution in [0.1, 0.15) is 46.0 Å². The molecule has 1 saturated carbocycles. The lowest BCUT2D eigenvalue weighted by atomic mass is 9.91. The summed E-state index contributed by atoms with van der Waals surface area (Å²) in [5.74, 6) is 0.956. The highest BCUT2D eigenvalue weighted by atomic mass is 15.2. The molecular formula is C14H26N2. The molecule has 2 nitrogen and oxygen atoms in total. The van der Waals surface area contributed by atoms with Gasteiger partial charge in [0.1, 0.15) is 0 Å². The van der Waals surface area contributed by atoms with Gasteiger partial charge >= 0.3 is 0 Å². The summed E-state index contributed by atoms with van der Waals surface area (Å²) in [6.45, 7) is 8.83. The summed E-state index contributed by atoms with van der Waals surface area (Å²) in [7, 11) is 0. The lowest BCUT2D eigenvalue weighted by Crippen LogP contribution is -2.41. The highest BCUT2D eigenvalue weighted by molar-refractivity contribution is 4.97. The van der Waals surface area contributed by atoms with Gasteiger partial charge in [-0.05, 0) is 50.0 Å². The van der Waals surface area contributed by atoms with E-state index in [-0.39, 0.29) is 0 Å². The third kappa shape index (κ3) is 2.02. The maximum atomic E-state index is 3.71. The van der Waals surface area contributed by atoms with Gasteiger partial charge in [-0.25, -0.2) is 0 Å². The van der Waals surface area contributed by atoms with Crippen LogP contribution in [0.2, 0.25) is 0 Å². The maximum Gasteiger partial charge on any atom is 0.0235 e.